The van der Waals surface area contributed by atoms with E-state index in [1.807, 2.05) is 0 Å². The van der Waals surface area contributed by atoms with Gasteiger partial charge in [-0.1, -0.05) is 23.4 Å². The number of nitrogens with one attached hydrogen (secondary N) is 1. The summed E-state index contributed by atoms with van der Waals surface area (Å²) in [7, 11) is 0. The van der Waals surface area contributed by atoms with Crippen LogP contribution in [0.15, 0.2) is 23.5 Å². The van der Waals surface area contributed by atoms with Gasteiger partial charge in [-0.2, -0.15) is 0 Å². The largest absolute Gasteiger partial charge is 0.378 e. The van der Waals surface area contributed by atoms with Crippen molar-refractivity contribution in [3.63, 3.8) is 0 Å². The predicted molar refractivity (Wildman–Crippen MR) is 111 cm³/mol. The van der Waals surface area contributed by atoms with E-state index in [1.54, 1.807) is 18.3 Å². The third-order valence-corrected chi connectivity index (χ3v) is 6.03. The molecule has 29 heavy (non-hydrogen) atoms. The first-order valence-electron chi connectivity index (χ1n) is 9.61. The number of hydrogen-bond acceptors (Lipinski definition) is 8. The molecule has 1 N–H and O–H groups in total. The molecule has 0 saturated carbocycles. The quantitative estimate of drug-likeness (QED) is 0.518. The van der Waals surface area contributed by atoms with Gasteiger partial charge in [0.1, 0.15) is 0 Å². The number of anilines is 2. The van der Waals surface area contributed by atoms with Crippen molar-refractivity contribution in [1.29, 1.82) is 0 Å². The SMILES string of the molecule is O=C(CSc1nnc(N2CCOCC2)n1C[C@@H]1CCCO1)Nc1cccnc1Cl. The molecule has 9 nitrogen and oxygen atoms in total. The first-order valence-corrected chi connectivity index (χ1v) is 11.0. The van der Waals surface area contributed by atoms with Crippen molar-refractivity contribution < 1.29 is 14.3 Å². The van der Waals surface area contributed by atoms with Crippen molar-refractivity contribution in [2.75, 3.05) is 48.9 Å². The van der Waals surface area contributed by atoms with Crippen molar-refractivity contribution in [3.05, 3.63) is 23.5 Å². The van der Waals surface area contributed by atoms with Gasteiger partial charge in [-0.25, -0.2) is 4.98 Å². The van der Waals surface area contributed by atoms with Crippen LogP contribution in [0.5, 0.6) is 0 Å². The molecule has 0 bridgehead atoms. The average molecular weight is 439 g/mol. The molecule has 4 rings (SSSR count). The van der Waals surface area contributed by atoms with E-state index in [9.17, 15) is 4.79 Å². The molecule has 156 valence electrons. The number of hydrogen-bond donors (Lipinski definition) is 1. The summed E-state index contributed by atoms with van der Waals surface area (Å²) in [5, 5.41) is 12.5. The summed E-state index contributed by atoms with van der Waals surface area (Å²) in [6, 6.07) is 3.44. The lowest BCUT2D eigenvalue weighted by Crippen LogP contribution is -2.38. The normalized spacial score (nSPS) is 19.5. The predicted octanol–water partition coefficient (Wildman–Crippen LogP) is 2.07. The van der Waals surface area contributed by atoms with E-state index < -0.39 is 0 Å². The maximum Gasteiger partial charge on any atom is 0.234 e. The minimum atomic E-state index is -0.176. The second-order valence-corrected chi connectivity index (χ2v) is 8.11. The van der Waals surface area contributed by atoms with Crippen LogP contribution in [0, 0.1) is 0 Å². The highest BCUT2D eigenvalue weighted by Crippen LogP contribution is 2.26. The van der Waals surface area contributed by atoms with E-state index in [2.05, 4.69) is 30.0 Å². The highest BCUT2D eigenvalue weighted by Gasteiger charge is 2.25. The molecule has 1 amide bonds. The lowest BCUT2D eigenvalue weighted by atomic mass is 10.2. The van der Waals surface area contributed by atoms with Gasteiger partial charge in [0.15, 0.2) is 10.3 Å². The van der Waals surface area contributed by atoms with Crippen LogP contribution in [0.2, 0.25) is 5.15 Å². The Morgan fingerprint density at radius 1 is 1.31 bits per heavy atom. The summed E-state index contributed by atoms with van der Waals surface area (Å²) in [6.07, 6.45) is 3.81. The standard InChI is InChI=1S/C18H23ClN6O3S/c19-16-14(4-1-5-20-16)21-15(26)12-29-18-23-22-17(24-6-9-27-10-7-24)25(18)11-13-3-2-8-28-13/h1,4-5,13H,2-3,6-12H2,(H,21,26)/t13-/m0/s1. The lowest BCUT2D eigenvalue weighted by Gasteiger charge is -2.28. The van der Waals surface area contributed by atoms with E-state index in [0.29, 0.717) is 30.6 Å². The van der Waals surface area contributed by atoms with E-state index in [1.165, 1.54) is 11.8 Å². The Hall–Kier alpha value is -1.88. The Bertz CT molecular complexity index is 839. The van der Waals surface area contributed by atoms with Gasteiger partial charge in [-0.3, -0.25) is 9.36 Å². The Balaban J connectivity index is 1.44. The van der Waals surface area contributed by atoms with Gasteiger partial charge >= 0.3 is 0 Å². The molecule has 2 aliphatic heterocycles. The summed E-state index contributed by atoms with van der Waals surface area (Å²) in [4.78, 5) is 18.5. The monoisotopic (exact) mass is 438 g/mol. The molecule has 2 aromatic rings. The van der Waals surface area contributed by atoms with E-state index in [-0.39, 0.29) is 22.9 Å². The zero-order valence-corrected chi connectivity index (χ0v) is 17.5. The van der Waals surface area contributed by atoms with Crippen LogP contribution in [0.3, 0.4) is 0 Å². The smallest absolute Gasteiger partial charge is 0.234 e. The molecule has 2 fully saturated rings. The number of halogens is 1. The number of aromatic nitrogens is 4. The van der Waals surface area contributed by atoms with Crippen LogP contribution in [0.25, 0.3) is 0 Å². The van der Waals surface area contributed by atoms with Crippen LogP contribution in [0.1, 0.15) is 12.8 Å². The zero-order valence-electron chi connectivity index (χ0n) is 15.9. The molecule has 2 saturated heterocycles. The van der Waals surface area contributed by atoms with Crippen molar-refractivity contribution in [2.24, 2.45) is 0 Å². The van der Waals surface area contributed by atoms with Crippen molar-refractivity contribution in [3.8, 4) is 0 Å². The molecule has 0 unspecified atom stereocenters. The number of thioether (sulfide) groups is 1. The number of pyridine rings is 1. The van der Waals surface area contributed by atoms with Crippen LogP contribution >= 0.6 is 23.4 Å². The van der Waals surface area contributed by atoms with E-state index in [4.69, 9.17) is 21.1 Å². The molecule has 2 aliphatic rings. The van der Waals surface area contributed by atoms with Gasteiger partial charge in [0.25, 0.3) is 0 Å². The number of morpholine rings is 1. The molecular formula is C18H23ClN6O3S. The van der Waals surface area contributed by atoms with Gasteiger partial charge < -0.3 is 19.7 Å². The maximum atomic E-state index is 12.4. The molecule has 1 atom stereocenters. The number of amides is 1. The Morgan fingerprint density at radius 2 is 2.17 bits per heavy atom. The fourth-order valence-corrected chi connectivity index (χ4v) is 4.24. The number of ether oxygens (including phenoxy) is 2. The molecule has 0 spiro atoms. The summed E-state index contributed by atoms with van der Waals surface area (Å²) < 4.78 is 13.3. The first kappa shape index (κ1) is 20.4. The molecule has 0 radical (unpaired) electrons. The molecule has 0 aliphatic carbocycles. The zero-order chi connectivity index (χ0) is 20.1. The minimum Gasteiger partial charge on any atom is -0.378 e. The van der Waals surface area contributed by atoms with Crippen LogP contribution in [-0.4, -0.2) is 70.4 Å². The summed E-state index contributed by atoms with van der Waals surface area (Å²) in [5.74, 6) is 0.823. The van der Waals surface area contributed by atoms with Crippen molar-refractivity contribution in [1.82, 2.24) is 19.7 Å². The molecule has 2 aromatic heterocycles. The highest BCUT2D eigenvalue weighted by molar-refractivity contribution is 7.99. The topological polar surface area (TPSA) is 94.4 Å². The Labute approximate surface area is 178 Å². The van der Waals surface area contributed by atoms with Gasteiger partial charge in [-0.05, 0) is 25.0 Å². The minimum absolute atomic E-state index is 0.146. The van der Waals surface area contributed by atoms with Crippen molar-refractivity contribution >= 4 is 40.9 Å². The molecule has 4 heterocycles. The van der Waals surface area contributed by atoms with E-state index in [0.717, 1.165) is 38.5 Å². The van der Waals surface area contributed by atoms with Gasteiger partial charge in [0.2, 0.25) is 11.9 Å². The summed E-state index contributed by atoms with van der Waals surface area (Å²) in [5.41, 5.74) is 0.495. The molecule has 0 aromatic carbocycles. The third kappa shape index (κ3) is 5.19. The van der Waals surface area contributed by atoms with Gasteiger partial charge in [0, 0.05) is 25.9 Å². The number of nitrogens with zero attached hydrogens (tertiary/aromatic N) is 5. The van der Waals surface area contributed by atoms with Gasteiger partial charge in [0.05, 0.1) is 37.3 Å². The fourth-order valence-electron chi connectivity index (χ4n) is 3.33. The summed E-state index contributed by atoms with van der Waals surface area (Å²) in [6.45, 7) is 4.35. The van der Waals surface area contributed by atoms with Crippen LogP contribution in [-0.2, 0) is 20.8 Å². The second-order valence-electron chi connectivity index (χ2n) is 6.81. The third-order valence-electron chi connectivity index (χ3n) is 4.77. The Kier molecular flexibility index (Phi) is 6.86. The number of carbonyl (C=O) groups excluding carboxylic acids is 1. The summed E-state index contributed by atoms with van der Waals surface area (Å²) >= 11 is 7.36. The van der Waals surface area contributed by atoms with Crippen LogP contribution in [0.4, 0.5) is 11.6 Å². The number of carbonyl (C=O) groups is 1. The maximum absolute atomic E-state index is 12.4. The van der Waals surface area contributed by atoms with E-state index >= 15 is 0 Å². The fraction of sp³-hybridized carbons (Fsp3) is 0.556. The number of rotatable bonds is 7. The second kappa shape index (κ2) is 9.75. The lowest BCUT2D eigenvalue weighted by molar-refractivity contribution is -0.113. The average Bonchev–Trinajstić information content (AvgIpc) is 3.39. The Morgan fingerprint density at radius 3 is 2.93 bits per heavy atom. The van der Waals surface area contributed by atoms with Gasteiger partial charge in [-0.15, -0.1) is 10.2 Å². The van der Waals surface area contributed by atoms with Crippen molar-refractivity contribution in [2.45, 2.75) is 30.6 Å². The first-order chi connectivity index (χ1) is 14.2. The molecular weight excluding hydrogens is 416 g/mol. The van der Waals surface area contributed by atoms with Crippen LogP contribution < -0.4 is 10.2 Å². The highest BCUT2D eigenvalue weighted by atomic mass is 35.5. The molecule has 11 heteroatoms.